The van der Waals surface area contributed by atoms with E-state index in [0.717, 1.165) is 0 Å². The van der Waals surface area contributed by atoms with Crippen LogP contribution in [-0.4, -0.2) is 0 Å². The number of fused-ring (bicyclic) bond motifs is 5. The molecule has 0 bridgehead atoms. The van der Waals surface area contributed by atoms with Crippen LogP contribution >= 0.6 is 0 Å². The lowest BCUT2D eigenvalue weighted by atomic mass is 9.93. The molecule has 0 nitrogen and oxygen atoms in total. The Morgan fingerprint density at radius 3 is 1.31 bits per heavy atom. The summed E-state index contributed by atoms with van der Waals surface area (Å²) < 4.78 is 0. The van der Waals surface area contributed by atoms with Gasteiger partial charge in [-0.15, -0.1) is 0 Å². The molecule has 0 heterocycles. The number of benzene rings is 7. The van der Waals surface area contributed by atoms with Crippen LogP contribution in [0.15, 0.2) is 121 Å². The van der Waals surface area contributed by atoms with Gasteiger partial charge in [0, 0.05) is 0 Å². The lowest BCUT2D eigenvalue weighted by molar-refractivity contribution is 1.66. The van der Waals surface area contributed by atoms with Crippen molar-refractivity contribution in [2.45, 2.75) is 0 Å². The quantitative estimate of drug-likeness (QED) is 0.239. The minimum atomic E-state index is 1.26. The summed E-state index contributed by atoms with van der Waals surface area (Å²) in [5.74, 6) is 0. The van der Waals surface area contributed by atoms with Gasteiger partial charge >= 0.3 is 0 Å². The van der Waals surface area contributed by atoms with Crippen molar-refractivity contribution >= 4 is 53.9 Å². The van der Waals surface area contributed by atoms with Gasteiger partial charge in [0.15, 0.2) is 0 Å². The molecule has 0 saturated heterocycles. The van der Waals surface area contributed by atoms with E-state index in [2.05, 4.69) is 121 Å². The fourth-order valence-corrected chi connectivity index (χ4v) is 5.09. The van der Waals surface area contributed by atoms with Gasteiger partial charge in [0.25, 0.3) is 0 Å². The average molecular weight is 405 g/mol. The average Bonchev–Trinajstić information content (AvgIpc) is 2.84. The molecule has 0 N–H and O–H groups in total. The lowest BCUT2D eigenvalue weighted by Gasteiger charge is -2.11. The van der Waals surface area contributed by atoms with E-state index in [4.69, 9.17) is 0 Å². The second-order valence-electron chi connectivity index (χ2n) is 8.69. The van der Waals surface area contributed by atoms with Crippen LogP contribution in [0.25, 0.3) is 65.0 Å². The van der Waals surface area contributed by atoms with Gasteiger partial charge in [0.05, 0.1) is 0 Å². The van der Waals surface area contributed by atoms with E-state index in [1.807, 2.05) is 0 Å². The molecule has 32 heavy (non-hydrogen) atoms. The Labute approximate surface area is 186 Å². The fraction of sp³-hybridized carbons (Fsp3) is 0. The molecule has 0 radical (unpaired) electrons. The first kappa shape index (κ1) is 17.5. The third-order valence-corrected chi connectivity index (χ3v) is 6.70. The maximum absolute atomic E-state index is 2.36. The van der Waals surface area contributed by atoms with E-state index in [-0.39, 0.29) is 0 Å². The van der Waals surface area contributed by atoms with E-state index in [1.165, 1.54) is 65.0 Å². The molecule has 0 saturated carbocycles. The monoisotopic (exact) mass is 404 g/mol. The van der Waals surface area contributed by atoms with Crippen LogP contribution in [0, 0.1) is 0 Å². The van der Waals surface area contributed by atoms with Crippen molar-refractivity contribution in [2.24, 2.45) is 0 Å². The summed E-state index contributed by atoms with van der Waals surface area (Å²) in [5, 5.41) is 12.9. The molecular weight excluding hydrogens is 384 g/mol. The summed E-state index contributed by atoms with van der Waals surface area (Å²) in [4.78, 5) is 0. The van der Waals surface area contributed by atoms with Crippen molar-refractivity contribution in [3.05, 3.63) is 121 Å². The molecule has 0 heteroatoms. The Morgan fingerprint density at radius 2 is 0.719 bits per heavy atom. The third kappa shape index (κ3) is 2.70. The Balaban J connectivity index is 1.51. The van der Waals surface area contributed by atoms with Crippen LogP contribution in [0.5, 0.6) is 0 Å². The molecular formula is C32H20. The molecule has 0 fully saturated rings. The van der Waals surface area contributed by atoms with Gasteiger partial charge in [-0.3, -0.25) is 0 Å². The van der Waals surface area contributed by atoms with Crippen molar-refractivity contribution in [1.29, 1.82) is 0 Å². The largest absolute Gasteiger partial charge is 0.0622 e. The molecule has 7 rings (SSSR count). The van der Waals surface area contributed by atoms with Crippen LogP contribution in [0.4, 0.5) is 0 Å². The van der Waals surface area contributed by atoms with Gasteiger partial charge < -0.3 is 0 Å². The van der Waals surface area contributed by atoms with Crippen molar-refractivity contribution in [3.63, 3.8) is 0 Å². The van der Waals surface area contributed by atoms with Crippen molar-refractivity contribution in [1.82, 2.24) is 0 Å². The first-order chi connectivity index (χ1) is 15.8. The van der Waals surface area contributed by atoms with Crippen LogP contribution in [0.3, 0.4) is 0 Å². The molecule has 0 aromatic heterocycles. The van der Waals surface area contributed by atoms with Crippen LogP contribution in [0.2, 0.25) is 0 Å². The minimum absolute atomic E-state index is 1.26. The maximum Gasteiger partial charge on any atom is -0.00990 e. The van der Waals surface area contributed by atoms with E-state index < -0.39 is 0 Å². The summed E-state index contributed by atoms with van der Waals surface area (Å²) in [7, 11) is 0. The molecule has 0 aliphatic heterocycles. The summed E-state index contributed by atoms with van der Waals surface area (Å²) in [6.07, 6.45) is 0. The third-order valence-electron chi connectivity index (χ3n) is 6.70. The summed E-state index contributed by atoms with van der Waals surface area (Å²) >= 11 is 0. The SMILES string of the molecule is c1ccc(-c2cccc3cc4cc5cc6cc7ccccc7cc6cc5cc4cc23)cc1. The first-order valence-electron chi connectivity index (χ1n) is 11.1. The van der Waals surface area contributed by atoms with Gasteiger partial charge in [0.2, 0.25) is 0 Å². The van der Waals surface area contributed by atoms with E-state index in [9.17, 15) is 0 Å². The number of hydrogen-bond acceptors (Lipinski definition) is 0. The zero-order chi connectivity index (χ0) is 21.1. The van der Waals surface area contributed by atoms with Crippen molar-refractivity contribution in [3.8, 4) is 11.1 Å². The van der Waals surface area contributed by atoms with Gasteiger partial charge in [-0.2, -0.15) is 0 Å². The predicted octanol–water partition coefficient (Wildman–Crippen LogP) is 9.12. The van der Waals surface area contributed by atoms with Gasteiger partial charge in [-0.1, -0.05) is 72.8 Å². The normalized spacial score (nSPS) is 11.8. The highest BCUT2D eigenvalue weighted by Crippen LogP contribution is 2.35. The summed E-state index contributed by atoms with van der Waals surface area (Å²) in [6, 6.07) is 44.5. The summed E-state index contributed by atoms with van der Waals surface area (Å²) in [5.41, 5.74) is 2.55. The topological polar surface area (TPSA) is 0 Å². The second kappa shape index (κ2) is 6.67. The zero-order valence-electron chi connectivity index (χ0n) is 17.5. The van der Waals surface area contributed by atoms with Gasteiger partial charge in [-0.25, -0.2) is 0 Å². The second-order valence-corrected chi connectivity index (χ2v) is 8.69. The highest BCUT2D eigenvalue weighted by Gasteiger charge is 2.08. The smallest absolute Gasteiger partial charge is 0.00990 e. The Bertz CT molecular complexity index is 1810. The Kier molecular flexibility index (Phi) is 3.65. The van der Waals surface area contributed by atoms with Gasteiger partial charge in [-0.05, 0) is 114 Å². The molecule has 7 aromatic carbocycles. The van der Waals surface area contributed by atoms with Crippen LogP contribution in [-0.2, 0) is 0 Å². The fourth-order valence-electron chi connectivity index (χ4n) is 5.09. The summed E-state index contributed by atoms with van der Waals surface area (Å²) in [6.45, 7) is 0. The highest BCUT2D eigenvalue weighted by molar-refractivity contribution is 6.11. The Morgan fingerprint density at radius 1 is 0.281 bits per heavy atom. The predicted molar refractivity (Wildman–Crippen MR) is 139 cm³/mol. The first-order valence-corrected chi connectivity index (χ1v) is 11.1. The standard InChI is InChI=1S/C32H20/c1-2-7-21(8-3-1)31-12-6-11-24-15-27-18-28-16-25-13-22-9-4-5-10-23(22)14-26(25)17-29(28)19-30(27)20-32(24)31/h1-20H. The van der Waals surface area contributed by atoms with E-state index in [0.29, 0.717) is 0 Å². The maximum atomic E-state index is 2.36. The molecule has 0 spiro atoms. The lowest BCUT2D eigenvalue weighted by Crippen LogP contribution is -1.84. The highest BCUT2D eigenvalue weighted by atomic mass is 14.1. The zero-order valence-corrected chi connectivity index (χ0v) is 17.5. The minimum Gasteiger partial charge on any atom is -0.0622 e. The van der Waals surface area contributed by atoms with Crippen LogP contribution in [0.1, 0.15) is 0 Å². The molecule has 0 amide bonds. The van der Waals surface area contributed by atoms with Crippen LogP contribution < -0.4 is 0 Å². The molecule has 0 unspecified atom stereocenters. The molecule has 0 atom stereocenters. The van der Waals surface area contributed by atoms with Crippen molar-refractivity contribution < 1.29 is 0 Å². The molecule has 7 aromatic rings. The van der Waals surface area contributed by atoms with E-state index in [1.54, 1.807) is 0 Å². The molecule has 0 aliphatic rings. The van der Waals surface area contributed by atoms with Crippen molar-refractivity contribution in [2.75, 3.05) is 0 Å². The number of hydrogen-bond donors (Lipinski definition) is 0. The van der Waals surface area contributed by atoms with Gasteiger partial charge in [0.1, 0.15) is 0 Å². The van der Waals surface area contributed by atoms with E-state index >= 15 is 0 Å². The molecule has 148 valence electrons. The number of rotatable bonds is 1. The molecule has 0 aliphatic carbocycles. The Hall–Kier alpha value is -4.16.